The minimum atomic E-state index is -0.124. The maximum Gasteiger partial charge on any atom is 0.322 e. The summed E-state index contributed by atoms with van der Waals surface area (Å²) in [5.41, 5.74) is 3.44. The first-order valence-corrected chi connectivity index (χ1v) is 8.64. The van der Waals surface area contributed by atoms with Gasteiger partial charge in [-0.2, -0.15) is 5.10 Å². The summed E-state index contributed by atoms with van der Waals surface area (Å²) in [6.45, 7) is 6.97. The average molecular weight is 350 g/mol. The van der Waals surface area contributed by atoms with Gasteiger partial charge in [-0.1, -0.05) is 19.9 Å². The highest BCUT2D eigenvalue weighted by Crippen LogP contribution is 2.48. The zero-order valence-electron chi connectivity index (χ0n) is 15.4. The van der Waals surface area contributed by atoms with E-state index in [0.717, 1.165) is 22.3 Å². The Morgan fingerprint density at radius 1 is 1.35 bits per heavy atom. The first-order valence-electron chi connectivity index (χ1n) is 8.64. The van der Waals surface area contributed by atoms with E-state index >= 15 is 0 Å². The van der Waals surface area contributed by atoms with Gasteiger partial charge in [0.25, 0.3) is 0 Å². The molecule has 1 unspecified atom stereocenters. The number of nitrogens with one attached hydrogen (secondary N) is 1. The molecule has 1 atom stereocenters. The van der Waals surface area contributed by atoms with Crippen LogP contribution in [0.1, 0.15) is 31.1 Å². The summed E-state index contributed by atoms with van der Waals surface area (Å²) in [6, 6.07) is 5.73. The molecular formula is C19H22N6O. The molecule has 1 N–H and O–H groups in total. The van der Waals surface area contributed by atoms with Gasteiger partial charge in [0.1, 0.15) is 0 Å². The zero-order valence-corrected chi connectivity index (χ0v) is 15.4. The molecule has 4 rings (SSSR count). The highest BCUT2D eigenvalue weighted by molar-refractivity contribution is 5.92. The molecule has 0 aliphatic carbocycles. The van der Waals surface area contributed by atoms with Gasteiger partial charge in [-0.15, -0.1) is 0 Å². The van der Waals surface area contributed by atoms with Crippen LogP contribution in [0.4, 0.5) is 10.5 Å². The van der Waals surface area contributed by atoms with Crippen LogP contribution in [0.2, 0.25) is 0 Å². The molecule has 0 saturated carbocycles. The van der Waals surface area contributed by atoms with Crippen molar-refractivity contribution in [2.75, 3.05) is 11.9 Å². The summed E-state index contributed by atoms with van der Waals surface area (Å²) in [5.74, 6) is 0. The molecule has 1 aliphatic rings. The quantitative estimate of drug-likeness (QED) is 0.769. The summed E-state index contributed by atoms with van der Waals surface area (Å²) in [6.07, 6.45) is 5.25. The Morgan fingerprint density at radius 3 is 2.85 bits per heavy atom. The number of amides is 2. The van der Waals surface area contributed by atoms with Gasteiger partial charge in [0.05, 0.1) is 23.6 Å². The predicted molar refractivity (Wildman–Crippen MR) is 99.7 cm³/mol. The van der Waals surface area contributed by atoms with E-state index in [4.69, 9.17) is 0 Å². The predicted octanol–water partition coefficient (Wildman–Crippen LogP) is 3.29. The van der Waals surface area contributed by atoms with Gasteiger partial charge in [0, 0.05) is 36.8 Å². The standard InChI is InChI=1S/C19H22N6O/c1-12-15-8-14(10-21-17(15)24(4)23-12)22-18(26)25-11-19(2,3)16(25)13-6-5-7-20-9-13/h5-10,16H,11H2,1-4H3,(H,22,26). The fourth-order valence-electron chi connectivity index (χ4n) is 3.86. The van der Waals surface area contributed by atoms with Crippen LogP contribution in [0.5, 0.6) is 0 Å². The summed E-state index contributed by atoms with van der Waals surface area (Å²) >= 11 is 0. The number of rotatable bonds is 2. The largest absolute Gasteiger partial charge is 0.322 e. The van der Waals surface area contributed by atoms with Crippen molar-refractivity contribution in [3.8, 4) is 0 Å². The first-order chi connectivity index (χ1) is 12.4. The minimum Gasteiger partial charge on any atom is -0.316 e. The van der Waals surface area contributed by atoms with E-state index in [0.29, 0.717) is 12.2 Å². The van der Waals surface area contributed by atoms with Gasteiger partial charge in [-0.25, -0.2) is 9.78 Å². The number of aromatic nitrogens is 4. The van der Waals surface area contributed by atoms with Crippen molar-refractivity contribution in [3.05, 3.63) is 48.0 Å². The van der Waals surface area contributed by atoms with Crippen molar-refractivity contribution in [2.45, 2.75) is 26.8 Å². The van der Waals surface area contributed by atoms with E-state index in [1.165, 1.54) is 0 Å². The number of nitrogens with zero attached hydrogens (tertiary/aromatic N) is 5. The number of hydrogen-bond donors (Lipinski definition) is 1. The molecule has 4 heterocycles. The summed E-state index contributed by atoms with van der Waals surface area (Å²) in [7, 11) is 1.86. The second-order valence-corrected chi connectivity index (χ2v) is 7.54. The second kappa shape index (κ2) is 5.79. The van der Waals surface area contributed by atoms with E-state index in [1.807, 2.05) is 43.3 Å². The van der Waals surface area contributed by atoms with Crippen LogP contribution in [0, 0.1) is 12.3 Å². The molecular weight excluding hydrogens is 328 g/mol. The van der Waals surface area contributed by atoms with Gasteiger partial charge in [-0.05, 0) is 24.6 Å². The number of pyridine rings is 2. The number of likely N-dealkylation sites (tertiary alicyclic amines) is 1. The van der Waals surface area contributed by atoms with Gasteiger partial charge < -0.3 is 10.2 Å². The van der Waals surface area contributed by atoms with Crippen LogP contribution in [0.3, 0.4) is 0 Å². The van der Waals surface area contributed by atoms with Crippen LogP contribution in [0.25, 0.3) is 11.0 Å². The van der Waals surface area contributed by atoms with E-state index in [-0.39, 0.29) is 17.5 Å². The molecule has 0 aromatic carbocycles. The van der Waals surface area contributed by atoms with Crippen LogP contribution >= 0.6 is 0 Å². The Bertz CT molecular complexity index is 978. The fourth-order valence-corrected chi connectivity index (χ4v) is 3.86. The smallest absolute Gasteiger partial charge is 0.316 e. The molecule has 2 amide bonds. The van der Waals surface area contributed by atoms with E-state index in [2.05, 4.69) is 34.2 Å². The molecule has 7 heteroatoms. The molecule has 0 spiro atoms. The number of carbonyl (C=O) groups excluding carboxylic acids is 1. The number of fused-ring (bicyclic) bond motifs is 1. The number of anilines is 1. The lowest BCUT2D eigenvalue weighted by molar-refractivity contribution is -0.0117. The van der Waals surface area contributed by atoms with Gasteiger partial charge in [0.2, 0.25) is 0 Å². The number of carbonyl (C=O) groups is 1. The molecule has 1 fully saturated rings. The Balaban J connectivity index is 1.57. The molecule has 1 saturated heterocycles. The summed E-state index contributed by atoms with van der Waals surface area (Å²) in [5, 5.41) is 8.29. The Kier molecular flexibility index (Phi) is 3.68. The van der Waals surface area contributed by atoms with E-state index < -0.39 is 0 Å². The number of hydrogen-bond acceptors (Lipinski definition) is 4. The SMILES string of the molecule is Cc1nn(C)c2ncc(NC(=O)N3CC(C)(C)C3c3cccnc3)cc12. The van der Waals surface area contributed by atoms with Gasteiger partial charge in [-0.3, -0.25) is 9.67 Å². The molecule has 0 radical (unpaired) electrons. The summed E-state index contributed by atoms with van der Waals surface area (Å²) in [4.78, 5) is 23.3. The lowest BCUT2D eigenvalue weighted by Crippen LogP contribution is -2.59. The molecule has 7 nitrogen and oxygen atoms in total. The van der Waals surface area contributed by atoms with Gasteiger partial charge >= 0.3 is 6.03 Å². The van der Waals surface area contributed by atoms with Crippen molar-refractivity contribution in [1.82, 2.24) is 24.6 Å². The van der Waals surface area contributed by atoms with Crippen LogP contribution < -0.4 is 5.32 Å². The van der Waals surface area contributed by atoms with Crippen molar-refractivity contribution in [3.63, 3.8) is 0 Å². The third-order valence-electron chi connectivity index (χ3n) is 5.01. The lowest BCUT2D eigenvalue weighted by Gasteiger charge is -2.54. The Hall–Kier alpha value is -2.96. The lowest BCUT2D eigenvalue weighted by atomic mass is 9.72. The average Bonchev–Trinajstić information content (AvgIpc) is 2.88. The van der Waals surface area contributed by atoms with Crippen LogP contribution in [0.15, 0.2) is 36.8 Å². The van der Waals surface area contributed by atoms with Crippen molar-refractivity contribution in [1.29, 1.82) is 0 Å². The molecule has 3 aromatic heterocycles. The molecule has 0 bridgehead atoms. The highest BCUT2D eigenvalue weighted by atomic mass is 16.2. The monoisotopic (exact) mass is 350 g/mol. The molecule has 1 aliphatic heterocycles. The van der Waals surface area contributed by atoms with E-state index in [1.54, 1.807) is 17.1 Å². The third-order valence-corrected chi connectivity index (χ3v) is 5.01. The number of urea groups is 1. The molecule has 3 aromatic rings. The molecule has 26 heavy (non-hydrogen) atoms. The Morgan fingerprint density at radius 2 is 2.15 bits per heavy atom. The topological polar surface area (TPSA) is 75.9 Å². The maximum absolute atomic E-state index is 12.8. The first kappa shape index (κ1) is 16.5. The third kappa shape index (κ3) is 2.60. The maximum atomic E-state index is 12.8. The van der Waals surface area contributed by atoms with Crippen molar-refractivity contribution >= 4 is 22.8 Å². The van der Waals surface area contributed by atoms with E-state index in [9.17, 15) is 4.79 Å². The Labute approximate surface area is 152 Å². The number of aryl methyl sites for hydroxylation is 2. The summed E-state index contributed by atoms with van der Waals surface area (Å²) < 4.78 is 1.74. The normalized spacial score (nSPS) is 18.6. The second-order valence-electron chi connectivity index (χ2n) is 7.54. The van der Waals surface area contributed by atoms with Crippen LogP contribution in [-0.4, -0.2) is 37.2 Å². The molecule has 134 valence electrons. The zero-order chi connectivity index (χ0) is 18.5. The van der Waals surface area contributed by atoms with Crippen molar-refractivity contribution in [2.24, 2.45) is 12.5 Å². The minimum absolute atomic E-state index is 0.00742. The van der Waals surface area contributed by atoms with Gasteiger partial charge in [0.15, 0.2) is 5.65 Å². The highest BCUT2D eigenvalue weighted by Gasteiger charge is 2.49. The fraction of sp³-hybridized carbons (Fsp3) is 0.368. The van der Waals surface area contributed by atoms with Crippen LogP contribution in [-0.2, 0) is 7.05 Å². The van der Waals surface area contributed by atoms with Crippen molar-refractivity contribution < 1.29 is 4.79 Å².